The Morgan fingerprint density at radius 3 is 2.59 bits per heavy atom. The first-order chi connectivity index (χ1) is 8.00. The van der Waals surface area contributed by atoms with Crippen LogP contribution in [0.1, 0.15) is 17.5 Å². The fraction of sp³-hybridized carbons (Fsp3) is 0.385. The molecule has 0 bridgehead atoms. The van der Waals surface area contributed by atoms with E-state index >= 15 is 0 Å². The van der Waals surface area contributed by atoms with Gasteiger partial charge in [-0.1, -0.05) is 12.1 Å². The molecule has 1 fully saturated rings. The first kappa shape index (κ1) is 11.6. The first-order valence-corrected chi connectivity index (χ1v) is 5.64. The maximum absolute atomic E-state index is 11.8. The molecular weight excluding hydrogens is 216 g/mol. The van der Waals surface area contributed by atoms with Crippen LogP contribution in [0, 0.1) is 13.8 Å². The summed E-state index contributed by atoms with van der Waals surface area (Å²) in [5.41, 5.74) is 3.20. The van der Waals surface area contributed by atoms with Gasteiger partial charge in [0.15, 0.2) is 0 Å². The molecule has 17 heavy (non-hydrogen) atoms. The van der Waals surface area contributed by atoms with Gasteiger partial charge in [-0.15, -0.1) is 0 Å². The zero-order valence-electron chi connectivity index (χ0n) is 10.3. The van der Waals surface area contributed by atoms with E-state index in [0.29, 0.717) is 0 Å². The van der Waals surface area contributed by atoms with Crippen molar-refractivity contribution in [3.8, 4) is 0 Å². The highest BCUT2D eigenvalue weighted by Gasteiger charge is 2.36. The van der Waals surface area contributed by atoms with Crippen LogP contribution in [-0.4, -0.2) is 29.8 Å². The van der Waals surface area contributed by atoms with E-state index in [1.807, 2.05) is 32.0 Å². The second kappa shape index (κ2) is 4.20. The van der Waals surface area contributed by atoms with Gasteiger partial charge in [-0.3, -0.25) is 14.5 Å². The van der Waals surface area contributed by atoms with Crippen LogP contribution in [-0.2, 0) is 9.59 Å². The summed E-state index contributed by atoms with van der Waals surface area (Å²) < 4.78 is 0. The molecule has 1 aromatic rings. The molecule has 0 aromatic heterocycles. The van der Waals surface area contributed by atoms with E-state index in [9.17, 15) is 9.59 Å². The minimum Gasteiger partial charge on any atom is -0.373 e. The summed E-state index contributed by atoms with van der Waals surface area (Å²) in [6, 6.07) is 5.47. The SMILES string of the molecule is Cc1cccc(NC2CC(=O)N(C)C2=O)c1C. The highest BCUT2D eigenvalue weighted by atomic mass is 16.2. The smallest absolute Gasteiger partial charge is 0.251 e. The number of aryl methyl sites for hydroxylation is 1. The maximum Gasteiger partial charge on any atom is 0.251 e. The Hall–Kier alpha value is -1.84. The molecule has 1 N–H and O–H groups in total. The number of imide groups is 1. The van der Waals surface area contributed by atoms with Crippen molar-refractivity contribution in [1.29, 1.82) is 0 Å². The van der Waals surface area contributed by atoms with Crippen LogP contribution in [0.15, 0.2) is 18.2 Å². The Labute approximate surface area is 101 Å². The minimum atomic E-state index is -0.423. The van der Waals surface area contributed by atoms with Crippen molar-refractivity contribution in [3.05, 3.63) is 29.3 Å². The fourth-order valence-electron chi connectivity index (χ4n) is 1.96. The van der Waals surface area contributed by atoms with Crippen molar-refractivity contribution >= 4 is 17.5 Å². The van der Waals surface area contributed by atoms with Crippen LogP contribution in [0.3, 0.4) is 0 Å². The van der Waals surface area contributed by atoms with Gasteiger partial charge >= 0.3 is 0 Å². The van der Waals surface area contributed by atoms with E-state index in [0.717, 1.165) is 11.3 Å². The highest BCUT2D eigenvalue weighted by molar-refractivity contribution is 6.06. The number of nitrogens with one attached hydrogen (secondary N) is 1. The van der Waals surface area contributed by atoms with E-state index in [4.69, 9.17) is 0 Å². The summed E-state index contributed by atoms with van der Waals surface area (Å²) in [6.45, 7) is 4.02. The van der Waals surface area contributed by atoms with Crippen LogP contribution in [0.5, 0.6) is 0 Å². The quantitative estimate of drug-likeness (QED) is 0.786. The number of benzene rings is 1. The van der Waals surface area contributed by atoms with Gasteiger partial charge in [0.2, 0.25) is 5.91 Å². The average molecular weight is 232 g/mol. The number of likely N-dealkylation sites (N-methyl/N-ethyl adjacent to an activating group) is 1. The number of rotatable bonds is 2. The second-order valence-corrected chi connectivity index (χ2v) is 4.44. The van der Waals surface area contributed by atoms with Gasteiger partial charge in [-0.05, 0) is 31.0 Å². The number of anilines is 1. The van der Waals surface area contributed by atoms with Gasteiger partial charge in [0.1, 0.15) is 6.04 Å². The van der Waals surface area contributed by atoms with Crippen LogP contribution < -0.4 is 5.32 Å². The standard InChI is InChI=1S/C13H16N2O2/c1-8-5-4-6-10(9(8)2)14-11-7-12(16)15(3)13(11)17/h4-6,11,14H,7H2,1-3H3. The molecule has 1 aromatic carbocycles. The summed E-state index contributed by atoms with van der Waals surface area (Å²) in [5.74, 6) is -0.284. The normalized spacial score (nSPS) is 19.9. The Kier molecular flexibility index (Phi) is 2.88. The van der Waals surface area contributed by atoms with Crippen molar-refractivity contribution in [2.45, 2.75) is 26.3 Å². The Morgan fingerprint density at radius 2 is 2.00 bits per heavy atom. The molecule has 90 valence electrons. The van der Waals surface area contributed by atoms with E-state index in [1.165, 1.54) is 17.5 Å². The van der Waals surface area contributed by atoms with Gasteiger partial charge < -0.3 is 5.32 Å². The summed E-state index contributed by atoms with van der Waals surface area (Å²) >= 11 is 0. The number of carbonyl (C=O) groups excluding carboxylic acids is 2. The molecule has 1 saturated heterocycles. The lowest BCUT2D eigenvalue weighted by Gasteiger charge is -2.15. The maximum atomic E-state index is 11.8. The van der Waals surface area contributed by atoms with Crippen LogP contribution in [0.25, 0.3) is 0 Å². The molecule has 0 spiro atoms. The lowest BCUT2D eigenvalue weighted by molar-refractivity contribution is -0.136. The number of hydrogen-bond donors (Lipinski definition) is 1. The molecule has 4 heteroatoms. The highest BCUT2D eigenvalue weighted by Crippen LogP contribution is 2.22. The third kappa shape index (κ3) is 2.02. The van der Waals surface area contributed by atoms with Crippen LogP contribution in [0.2, 0.25) is 0 Å². The average Bonchev–Trinajstić information content (AvgIpc) is 2.53. The van der Waals surface area contributed by atoms with Crippen molar-refractivity contribution < 1.29 is 9.59 Å². The molecule has 0 aliphatic carbocycles. The summed E-state index contributed by atoms with van der Waals surface area (Å²) in [7, 11) is 1.52. The Morgan fingerprint density at radius 1 is 1.29 bits per heavy atom. The Bertz CT molecular complexity index is 482. The molecule has 0 saturated carbocycles. The first-order valence-electron chi connectivity index (χ1n) is 5.64. The molecular formula is C13H16N2O2. The number of amides is 2. The molecule has 1 unspecified atom stereocenters. The second-order valence-electron chi connectivity index (χ2n) is 4.44. The van der Waals surface area contributed by atoms with Crippen molar-refractivity contribution in [2.75, 3.05) is 12.4 Å². The van der Waals surface area contributed by atoms with Crippen molar-refractivity contribution in [1.82, 2.24) is 4.90 Å². The van der Waals surface area contributed by atoms with Gasteiger partial charge in [0.05, 0.1) is 6.42 Å². The molecule has 2 rings (SSSR count). The summed E-state index contributed by atoms with van der Waals surface area (Å²) in [6.07, 6.45) is 0.239. The predicted octanol–water partition coefficient (Wildman–Crippen LogP) is 1.47. The molecule has 1 heterocycles. The topological polar surface area (TPSA) is 49.4 Å². The lowest BCUT2D eigenvalue weighted by Crippen LogP contribution is -2.32. The zero-order valence-corrected chi connectivity index (χ0v) is 10.3. The monoisotopic (exact) mass is 232 g/mol. The summed E-state index contributed by atoms with van der Waals surface area (Å²) in [5, 5.41) is 3.15. The number of carbonyl (C=O) groups is 2. The van der Waals surface area contributed by atoms with E-state index in [1.54, 1.807) is 0 Å². The number of hydrogen-bond acceptors (Lipinski definition) is 3. The van der Waals surface area contributed by atoms with E-state index < -0.39 is 6.04 Å². The van der Waals surface area contributed by atoms with Gasteiger partial charge in [-0.25, -0.2) is 0 Å². The van der Waals surface area contributed by atoms with Gasteiger partial charge in [0.25, 0.3) is 5.91 Å². The largest absolute Gasteiger partial charge is 0.373 e. The fourth-order valence-corrected chi connectivity index (χ4v) is 1.96. The van der Waals surface area contributed by atoms with E-state index in [-0.39, 0.29) is 18.2 Å². The molecule has 0 radical (unpaired) electrons. The molecule has 2 amide bonds. The van der Waals surface area contributed by atoms with Crippen LogP contribution >= 0.6 is 0 Å². The van der Waals surface area contributed by atoms with Crippen LogP contribution in [0.4, 0.5) is 5.69 Å². The Balaban J connectivity index is 2.20. The third-order valence-corrected chi connectivity index (χ3v) is 3.32. The molecule has 1 aliphatic rings. The van der Waals surface area contributed by atoms with Crippen molar-refractivity contribution in [2.24, 2.45) is 0 Å². The molecule has 1 atom stereocenters. The van der Waals surface area contributed by atoms with Gasteiger partial charge in [-0.2, -0.15) is 0 Å². The zero-order chi connectivity index (χ0) is 12.6. The molecule has 1 aliphatic heterocycles. The van der Waals surface area contributed by atoms with Gasteiger partial charge in [0, 0.05) is 12.7 Å². The molecule has 4 nitrogen and oxygen atoms in total. The predicted molar refractivity (Wildman–Crippen MR) is 65.7 cm³/mol. The third-order valence-electron chi connectivity index (χ3n) is 3.32. The minimum absolute atomic E-state index is 0.127. The van der Waals surface area contributed by atoms with Crippen molar-refractivity contribution in [3.63, 3.8) is 0 Å². The van der Waals surface area contributed by atoms with E-state index in [2.05, 4.69) is 5.32 Å². The summed E-state index contributed by atoms with van der Waals surface area (Å²) in [4.78, 5) is 24.3. The number of likely N-dealkylation sites (tertiary alicyclic amines) is 1. The number of nitrogens with zero attached hydrogens (tertiary/aromatic N) is 1. The lowest BCUT2D eigenvalue weighted by atomic mass is 10.1.